The number of aromatic nitrogens is 2. The topological polar surface area (TPSA) is 73.3 Å². The Morgan fingerprint density at radius 2 is 1.90 bits per heavy atom. The predicted octanol–water partition coefficient (Wildman–Crippen LogP) is 5.25. The van der Waals surface area contributed by atoms with Gasteiger partial charge in [0.05, 0.1) is 5.02 Å². The molecule has 2 aromatic heterocycles. The van der Waals surface area contributed by atoms with Gasteiger partial charge in [0.1, 0.15) is 17.2 Å². The number of ether oxygens (including phenoxy) is 2. The summed E-state index contributed by atoms with van der Waals surface area (Å²) in [7, 11) is 0. The summed E-state index contributed by atoms with van der Waals surface area (Å²) >= 11 is 6.31. The van der Waals surface area contributed by atoms with Gasteiger partial charge in [-0.1, -0.05) is 23.8 Å². The summed E-state index contributed by atoms with van der Waals surface area (Å²) in [6.45, 7) is 3.38. The maximum absolute atomic E-state index is 11.0. The highest BCUT2D eigenvalue weighted by molar-refractivity contribution is 6.32. The highest BCUT2D eigenvalue weighted by atomic mass is 35.5. The molecule has 29 heavy (non-hydrogen) atoms. The van der Waals surface area contributed by atoms with E-state index < -0.39 is 0 Å². The molecule has 0 aliphatic rings. The highest BCUT2D eigenvalue weighted by Crippen LogP contribution is 2.33. The SMILES string of the molecule is CC(=O)N[C@@H](C)/C=C/c1ccc(Oc2ccc(Oc3ccncc3)cc2Cl)nc1. The second-order valence-corrected chi connectivity index (χ2v) is 6.66. The summed E-state index contributed by atoms with van der Waals surface area (Å²) in [5.41, 5.74) is 0.891. The molecule has 3 rings (SSSR count). The fourth-order valence-electron chi connectivity index (χ4n) is 2.46. The third-order valence-electron chi connectivity index (χ3n) is 3.77. The van der Waals surface area contributed by atoms with Crippen LogP contribution < -0.4 is 14.8 Å². The third kappa shape index (κ3) is 6.33. The van der Waals surface area contributed by atoms with Crippen molar-refractivity contribution in [3.05, 3.63) is 77.7 Å². The van der Waals surface area contributed by atoms with E-state index >= 15 is 0 Å². The van der Waals surface area contributed by atoms with E-state index in [0.29, 0.717) is 28.2 Å². The van der Waals surface area contributed by atoms with Gasteiger partial charge in [-0.25, -0.2) is 4.98 Å². The molecular weight excluding hydrogens is 390 g/mol. The van der Waals surface area contributed by atoms with Crippen LogP contribution in [0.15, 0.2) is 67.1 Å². The van der Waals surface area contributed by atoms with Gasteiger partial charge in [0, 0.05) is 43.7 Å². The van der Waals surface area contributed by atoms with Crippen molar-refractivity contribution in [1.82, 2.24) is 15.3 Å². The van der Waals surface area contributed by atoms with Crippen LogP contribution in [0.4, 0.5) is 0 Å². The van der Waals surface area contributed by atoms with E-state index in [1.54, 1.807) is 55.0 Å². The number of carbonyl (C=O) groups is 1. The summed E-state index contributed by atoms with van der Waals surface area (Å²) in [4.78, 5) is 19.3. The van der Waals surface area contributed by atoms with Crippen LogP contribution in [0.1, 0.15) is 19.4 Å². The molecule has 0 saturated heterocycles. The number of carbonyl (C=O) groups excluding carboxylic acids is 1. The maximum Gasteiger partial charge on any atom is 0.219 e. The molecule has 1 amide bonds. The molecule has 6 nitrogen and oxygen atoms in total. The summed E-state index contributed by atoms with van der Waals surface area (Å²) in [5, 5.41) is 3.19. The van der Waals surface area contributed by atoms with Crippen molar-refractivity contribution in [3.63, 3.8) is 0 Å². The lowest BCUT2D eigenvalue weighted by atomic mass is 10.2. The quantitative estimate of drug-likeness (QED) is 0.576. The minimum atomic E-state index is -0.0712. The molecule has 0 radical (unpaired) electrons. The number of benzene rings is 1. The summed E-state index contributed by atoms with van der Waals surface area (Å²) < 4.78 is 11.5. The number of rotatable bonds is 7. The molecule has 1 N–H and O–H groups in total. The van der Waals surface area contributed by atoms with Crippen molar-refractivity contribution in [3.8, 4) is 23.1 Å². The normalized spacial score (nSPS) is 11.8. The van der Waals surface area contributed by atoms with E-state index in [2.05, 4.69) is 15.3 Å². The van der Waals surface area contributed by atoms with Gasteiger partial charge >= 0.3 is 0 Å². The number of amides is 1. The first-order valence-electron chi connectivity index (χ1n) is 8.96. The Kier molecular flexibility index (Phi) is 6.81. The fraction of sp³-hybridized carbons (Fsp3) is 0.136. The highest BCUT2D eigenvalue weighted by Gasteiger charge is 2.07. The molecule has 0 spiro atoms. The molecule has 1 aromatic carbocycles. The van der Waals surface area contributed by atoms with Crippen molar-refractivity contribution in [2.24, 2.45) is 0 Å². The Morgan fingerprint density at radius 3 is 2.55 bits per heavy atom. The molecule has 0 fully saturated rings. The van der Waals surface area contributed by atoms with Gasteiger partial charge in [0.2, 0.25) is 11.8 Å². The van der Waals surface area contributed by atoms with E-state index in [1.165, 1.54) is 6.92 Å². The number of hydrogen-bond acceptors (Lipinski definition) is 5. The maximum atomic E-state index is 11.0. The van der Waals surface area contributed by atoms with Gasteiger partial charge in [-0.2, -0.15) is 0 Å². The lowest BCUT2D eigenvalue weighted by Crippen LogP contribution is -2.28. The van der Waals surface area contributed by atoms with Crippen molar-refractivity contribution >= 4 is 23.6 Å². The van der Waals surface area contributed by atoms with Crippen molar-refractivity contribution in [2.75, 3.05) is 0 Å². The van der Waals surface area contributed by atoms with Crippen LogP contribution in [-0.4, -0.2) is 21.9 Å². The monoisotopic (exact) mass is 409 g/mol. The first-order chi connectivity index (χ1) is 14.0. The first kappa shape index (κ1) is 20.4. The first-order valence-corrected chi connectivity index (χ1v) is 9.34. The van der Waals surface area contributed by atoms with Crippen LogP contribution in [0, 0.1) is 0 Å². The number of nitrogens with one attached hydrogen (secondary N) is 1. The minimum absolute atomic E-state index is 0.0601. The molecule has 2 heterocycles. The Morgan fingerprint density at radius 1 is 1.10 bits per heavy atom. The van der Waals surface area contributed by atoms with Gasteiger partial charge < -0.3 is 14.8 Å². The van der Waals surface area contributed by atoms with Gasteiger partial charge in [0.15, 0.2) is 0 Å². The standard InChI is InChI=1S/C22H20ClN3O3/c1-15(26-16(2)27)3-4-17-5-8-22(25-14-17)29-21-7-6-19(13-20(21)23)28-18-9-11-24-12-10-18/h3-15H,1-2H3,(H,26,27)/b4-3+/t15-/m0/s1. The number of hydrogen-bond donors (Lipinski definition) is 1. The van der Waals surface area contributed by atoms with Crippen molar-refractivity contribution < 1.29 is 14.3 Å². The Labute approximate surface area is 174 Å². The van der Waals surface area contributed by atoms with Crippen molar-refractivity contribution in [1.29, 1.82) is 0 Å². The van der Waals surface area contributed by atoms with Crippen LogP contribution in [-0.2, 0) is 4.79 Å². The number of pyridine rings is 2. The zero-order valence-electron chi connectivity index (χ0n) is 16.0. The summed E-state index contributed by atoms with van der Waals surface area (Å²) in [6, 6.07) is 12.2. The molecule has 3 aromatic rings. The van der Waals surface area contributed by atoms with Crippen molar-refractivity contribution in [2.45, 2.75) is 19.9 Å². The fourth-order valence-corrected chi connectivity index (χ4v) is 2.67. The molecular formula is C22H20ClN3O3. The van der Waals surface area contributed by atoms with Crippen LogP contribution in [0.3, 0.4) is 0 Å². The number of halogens is 1. The van der Waals surface area contributed by atoms with E-state index in [-0.39, 0.29) is 11.9 Å². The molecule has 7 heteroatoms. The number of nitrogens with zero attached hydrogens (tertiary/aromatic N) is 2. The van der Waals surface area contributed by atoms with E-state index in [1.807, 2.05) is 25.1 Å². The lowest BCUT2D eigenvalue weighted by molar-refractivity contribution is -0.119. The van der Waals surface area contributed by atoms with E-state index in [0.717, 1.165) is 5.56 Å². The zero-order valence-corrected chi connectivity index (χ0v) is 16.8. The van der Waals surface area contributed by atoms with Gasteiger partial charge in [-0.3, -0.25) is 9.78 Å². The predicted molar refractivity (Wildman–Crippen MR) is 112 cm³/mol. The smallest absolute Gasteiger partial charge is 0.219 e. The summed E-state index contributed by atoms with van der Waals surface area (Å²) in [5.74, 6) is 2.09. The molecule has 0 aliphatic heterocycles. The van der Waals surface area contributed by atoms with Gasteiger partial charge in [-0.05, 0) is 42.8 Å². The Balaban J connectivity index is 1.62. The largest absolute Gasteiger partial charge is 0.457 e. The molecule has 0 saturated carbocycles. The second kappa shape index (κ2) is 9.71. The van der Waals surface area contributed by atoms with Gasteiger partial charge in [-0.15, -0.1) is 0 Å². The zero-order chi connectivity index (χ0) is 20.6. The Bertz CT molecular complexity index is 992. The van der Waals surface area contributed by atoms with E-state index in [9.17, 15) is 4.79 Å². The molecule has 1 atom stereocenters. The molecule has 0 aliphatic carbocycles. The summed E-state index contributed by atoms with van der Waals surface area (Å²) in [6.07, 6.45) is 8.76. The Hall–Kier alpha value is -3.38. The average Bonchev–Trinajstić information content (AvgIpc) is 2.70. The van der Waals surface area contributed by atoms with Crippen LogP contribution >= 0.6 is 11.6 Å². The average molecular weight is 410 g/mol. The van der Waals surface area contributed by atoms with Crippen LogP contribution in [0.5, 0.6) is 23.1 Å². The minimum Gasteiger partial charge on any atom is -0.457 e. The lowest BCUT2D eigenvalue weighted by Gasteiger charge is -2.10. The van der Waals surface area contributed by atoms with Gasteiger partial charge in [0.25, 0.3) is 0 Å². The van der Waals surface area contributed by atoms with Crippen LogP contribution in [0.2, 0.25) is 5.02 Å². The third-order valence-corrected chi connectivity index (χ3v) is 4.07. The molecule has 0 bridgehead atoms. The van der Waals surface area contributed by atoms with E-state index in [4.69, 9.17) is 21.1 Å². The van der Waals surface area contributed by atoms with Crippen LogP contribution in [0.25, 0.3) is 6.08 Å². The molecule has 0 unspecified atom stereocenters. The second-order valence-electron chi connectivity index (χ2n) is 6.26. The molecule has 148 valence electrons.